The van der Waals surface area contributed by atoms with E-state index >= 15 is 0 Å². The Morgan fingerprint density at radius 2 is 1.61 bits per heavy atom. The number of carbonyl (C=O) groups is 2. The zero-order chi connectivity index (χ0) is 23.6. The molecule has 2 heterocycles. The molecular weight excluding hydrogens is 424 g/mol. The van der Waals surface area contributed by atoms with Crippen LogP contribution in [0, 0.1) is 16.7 Å². The van der Waals surface area contributed by atoms with Crippen molar-refractivity contribution in [3.8, 4) is 0 Å². The number of fused-ring (bicyclic) bond motifs is 3. The Morgan fingerprint density at radius 3 is 2.12 bits per heavy atom. The van der Waals surface area contributed by atoms with Crippen molar-refractivity contribution in [1.29, 1.82) is 0 Å². The van der Waals surface area contributed by atoms with Gasteiger partial charge in [-0.3, -0.25) is 9.59 Å². The van der Waals surface area contributed by atoms with Gasteiger partial charge >= 0.3 is 11.9 Å². The van der Waals surface area contributed by atoms with Crippen molar-refractivity contribution >= 4 is 11.9 Å². The fraction of sp³-hybridized carbons (Fsp3) is 0.846. The zero-order valence-corrected chi connectivity index (χ0v) is 20.4. The molecule has 184 valence electrons. The molecule has 7 heteroatoms. The Hall–Kier alpha value is -1.44. The van der Waals surface area contributed by atoms with Crippen molar-refractivity contribution in [1.82, 2.24) is 0 Å². The quantitative estimate of drug-likeness (QED) is 0.367. The van der Waals surface area contributed by atoms with Gasteiger partial charge in [0, 0.05) is 0 Å². The van der Waals surface area contributed by atoms with Gasteiger partial charge < -0.3 is 24.1 Å². The van der Waals surface area contributed by atoms with Crippen molar-refractivity contribution in [3.63, 3.8) is 0 Å². The molecular formula is C26H38O7. The van der Waals surface area contributed by atoms with E-state index in [2.05, 4.69) is 26.8 Å². The number of aliphatic hydroxyl groups excluding tert-OH is 1. The Balaban J connectivity index is 1.26. The minimum Gasteiger partial charge on any atom is -0.469 e. The molecule has 2 aliphatic heterocycles. The lowest BCUT2D eigenvalue weighted by Crippen LogP contribution is -2.56. The molecule has 6 aliphatic rings. The van der Waals surface area contributed by atoms with Gasteiger partial charge in [0.05, 0.1) is 42.7 Å². The number of esters is 2. The number of allylic oxidation sites excluding steroid dienone is 1. The van der Waals surface area contributed by atoms with Gasteiger partial charge in [0.25, 0.3) is 0 Å². The third kappa shape index (κ3) is 3.66. The van der Waals surface area contributed by atoms with Gasteiger partial charge in [-0.15, -0.1) is 0 Å². The van der Waals surface area contributed by atoms with Crippen LogP contribution < -0.4 is 0 Å². The van der Waals surface area contributed by atoms with Crippen molar-refractivity contribution in [2.24, 2.45) is 16.7 Å². The third-order valence-electron chi connectivity index (χ3n) is 9.55. The summed E-state index contributed by atoms with van der Waals surface area (Å²) in [6.45, 7) is 6.83. The molecule has 1 spiro atoms. The van der Waals surface area contributed by atoms with E-state index in [1.165, 1.54) is 12.7 Å². The molecule has 2 bridgehead atoms. The topological polar surface area (TPSA) is 97.9 Å². The number of epoxide rings is 2. The summed E-state index contributed by atoms with van der Waals surface area (Å²) in [7, 11) is 1.44. The van der Waals surface area contributed by atoms with Gasteiger partial charge in [-0.2, -0.15) is 0 Å². The second-order valence-corrected chi connectivity index (χ2v) is 11.7. The predicted molar refractivity (Wildman–Crippen MR) is 119 cm³/mol. The average molecular weight is 463 g/mol. The Kier molecular flexibility index (Phi) is 5.50. The summed E-state index contributed by atoms with van der Waals surface area (Å²) in [4.78, 5) is 25.7. The largest absolute Gasteiger partial charge is 0.469 e. The molecule has 7 nitrogen and oxygen atoms in total. The van der Waals surface area contributed by atoms with Crippen LogP contribution in [-0.4, -0.2) is 60.3 Å². The lowest BCUT2D eigenvalue weighted by atomic mass is 9.53. The molecule has 6 atom stereocenters. The van der Waals surface area contributed by atoms with Crippen molar-refractivity contribution in [2.75, 3.05) is 13.7 Å². The maximum absolute atomic E-state index is 13.4. The summed E-state index contributed by atoms with van der Waals surface area (Å²) in [5.74, 6) is -0.571. The fourth-order valence-corrected chi connectivity index (χ4v) is 7.09. The third-order valence-corrected chi connectivity index (χ3v) is 9.55. The van der Waals surface area contributed by atoms with Crippen molar-refractivity contribution in [3.05, 3.63) is 11.6 Å². The Bertz CT molecular complexity index is 830. The van der Waals surface area contributed by atoms with E-state index in [-0.39, 0.29) is 29.6 Å². The monoisotopic (exact) mass is 462 g/mol. The SMILES string of the molecule is COC(=O)C12CCC(C(=O)O[C@@H]3CC[C@]4(CO4)[C@@H](C4(C)O[C@@H]4CC=C(C)C)[C@@H]3O)(CC1)CC2. The minimum absolute atomic E-state index is 0.0457. The summed E-state index contributed by atoms with van der Waals surface area (Å²) in [5, 5.41) is 11.4. The van der Waals surface area contributed by atoms with Gasteiger partial charge in [0.1, 0.15) is 17.3 Å². The van der Waals surface area contributed by atoms with E-state index in [1.807, 2.05) is 0 Å². The molecule has 0 aromatic rings. The maximum Gasteiger partial charge on any atom is 0.312 e. The molecule has 6 rings (SSSR count). The number of aliphatic hydroxyl groups is 1. The average Bonchev–Trinajstić information content (AvgIpc) is 3.72. The maximum atomic E-state index is 13.4. The number of rotatable bonds is 6. The van der Waals surface area contributed by atoms with Crippen LogP contribution in [0.1, 0.15) is 78.6 Å². The van der Waals surface area contributed by atoms with Crippen molar-refractivity contribution < 1.29 is 33.6 Å². The molecule has 1 unspecified atom stereocenters. The molecule has 33 heavy (non-hydrogen) atoms. The second kappa shape index (κ2) is 7.79. The van der Waals surface area contributed by atoms with E-state index in [4.69, 9.17) is 18.9 Å². The first-order valence-electron chi connectivity index (χ1n) is 12.5. The van der Waals surface area contributed by atoms with Crippen LogP contribution in [0.4, 0.5) is 0 Å². The van der Waals surface area contributed by atoms with Gasteiger partial charge in [-0.25, -0.2) is 0 Å². The summed E-state index contributed by atoms with van der Waals surface area (Å²) in [6, 6.07) is 0. The Morgan fingerprint density at radius 1 is 1.03 bits per heavy atom. The molecule has 0 aromatic heterocycles. The first-order valence-corrected chi connectivity index (χ1v) is 12.5. The number of ether oxygens (including phenoxy) is 4. The highest BCUT2D eigenvalue weighted by atomic mass is 16.6. The lowest BCUT2D eigenvalue weighted by Gasteiger charge is -2.50. The van der Waals surface area contributed by atoms with Crippen LogP contribution in [0.2, 0.25) is 0 Å². The first-order chi connectivity index (χ1) is 15.6. The highest BCUT2D eigenvalue weighted by Crippen LogP contribution is 2.60. The van der Waals surface area contributed by atoms with E-state index < -0.39 is 28.6 Å². The van der Waals surface area contributed by atoms with Gasteiger partial charge in [0.2, 0.25) is 0 Å². The van der Waals surface area contributed by atoms with Crippen LogP contribution in [-0.2, 0) is 28.5 Å². The summed E-state index contributed by atoms with van der Waals surface area (Å²) >= 11 is 0. The summed E-state index contributed by atoms with van der Waals surface area (Å²) in [5.41, 5.74) is -0.551. The van der Waals surface area contributed by atoms with Crippen molar-refractivity contribution in [2.45, 2.75) is 108 Å². The molecule has 6 fully saturated rings. The van der Waals surface area contributed by atoms with Crippen LogP contribution >= 0.6 is 0 Å². The van der Waals surface area contributed by atoms with Gasteiger partial charge in [-0.1, -0.05) is 11.6 Å². The number of hydrogen-bond donors (Lipinski definition) is 1. The van der Waals surface area contributed by atoms with Gasteiger partial charge in [-0.05, 0) is 78.6 Å². The molecule has 4 saturated carbocycles. The molecule has 0 aromatic carbocycles. The highest BCUT2D eigenvalue weighted by molar-refractivity contribution is 5.81. The molecule has 2 saturated heterocycles. The number of hydrogen-bond acceptors (Lipinski definition) is 7. The molecule has 4 aliphatic carbocycles. The zero-order valence-electron chi connectivity index (χ0n) is 20.4. The smallest absolute Gasteiger partial charge is 0.312 e. The number of carbonyl (C=O) groups excluding carboxylic acids is 2. The molecule has 0 amide bonds. The van der Waals surface area contributed by atoms with E-state index in [9.17, 15) is 14.7 Å². The van der Waals surface area contributed by atoms with Crippen LogP contribution in [0.25, 0.3) is 0 Å². The van der Waals surface area contributed by atoms with E-state index in [1.54, 1.807) is 0 Å². The van der Waals surface area contributed by atoms with E-state index in [0.29, 0.717) is 51.6 Å². The second-order valence-electron chi connectivity index (χ2n) is 11.7. The van der Waals surface area contributed by atoms with Crippen LogP contribution in [0.3, 0.4) is 0 Å². The molecule has 1 N–H and O–H groups in total. The van der Waals surface area contributed by atoms with Crippen LogP contribution in [0.15, 0.2) is 11.6 Å². The normalized spacial score (nSPS) is 47.7. The Labute approximate surface area is 196 Å². The molecule has 0 radical (unpaired) electrons. The standard InChI is InChI=1S/C26H38O7/c1-16(2)5-6-18-23(3,33-18)20-19(27)17(7-8-26(20)15-31-26)32-22(29)25-12-9-24(10-13-25,11-14-25)21(28)30-4/h5,17-20,27H,6-15H2,1-4H3/t17-,18-,19-,20-,23?,24?,25?,26+/m1/s1. The van der Waals surface area contributed by atoms with Crippen LogP contribution in [0.5, 0.6) is 0 Å². The van der Waals surface area contributed by atoms with Gasteiger partial charge in [0.15, 0.2) is 0 Å². The summed E-state index contributed by atoms with van der Waals surface area (Å²) in [6.07, 6.45) is 6.96. The number of methoxy groups -OCH3 is 1. The predicted octanol–water partition coefficient (Wildman–Crippen LogP) is 3.47. The summed E-state index contributed by atoms with van der Waals surface area (Å²) < 4.78 is 23.1. The lowest BCUT2D eigenvalue weighted by molar-refractivity contribution is -0.191. The first kappa shape index (κ1) is 23.3. The minimum atomic E-state index is -0.815. The highest BCUT2D eigenvalue weighted by Gasteiger charge is 2.72. The van der Waals surface area contributed by atoms with E-state index in [0.717, 1.165) is 12.8 Å². The fourth-order valence-electron chi connectivity index (χ4n) is 7.09.